The number of benzene rings is 4. The summed E-state index contributed by atoms with van der Waals surface area (Å²) in [5.74, 6) is -0.0707. The van der Waals surface area contributed by atoms with Gasteiger partial charge in [0, 0.05) is 21.2 Å². The summed E-state index contributed by atoms with van der Waals surface area (Å²) in [5, 5.41) is 1.02. The van der Waals surface area contributed by atoms with Crippen LogP contribution in [0.3, 0.4) is 0 Å². The third-order valence-corrected chi connectivity index (χ3v) is 9.87. The number of nitrogens with zero attached hydrogens (tertiary/aromatic N) is 2. The van der Waals surface area contributed by atoms with Crippen molar-refractivity contribution in [2.24, 2.45) is 4.99 Å². The average Bonchev–Trinajstić information content (AvgIpc) is 3.38. The Bertz CT molecular complexity index is 2240. The molecule has 0 amide bonds. The van der Waals surface area contributed by atoms with Gasteiger partial charge in [0.25, 0.3) is 5.56 Å². The maximum Gasteiger partial charge on any atom is 0.338 e. The minimum atomic E-state index is -0.914. The van der Waals surface area contributed by atoms with Gasteiger partial charge >= 0.3 is 5.97 Å². The van der Waals surface area contributed by atoms with E-state index in [4.69, 9.17) is 42.4 Å². The molecule has 48 heavy (non-hydrogen) atoms. The van der Waals surface area contributed by atoms with Crippen LogP contribution in [0.2, 0.25) is 10.0 Å². The highest BCUT2D eigenvalue weighted by atomic mass is 127. The van der Waals surface area contributed by atoms with Crippen molar-refractivity contribution in [2.45, 2.75) is 19.6 Å². The molecule has 0 fully saturated rings. The molecule has 1 aliphatic rings. The second-order valence-corrected chi connectivity index (χ2v) is 13.6. The van der Waals surface area contributed by atoms with E-state index in [0.717, 1.165) is 9.13 Å². The minimum Gasteiger partial charge on any atom is -0.493 e. The summed E-state index contributed by atoms with van der Waals surface area (Å²) in [6.45, 7) is 2.02. The predicted molar refractivity (Wildman–Crippen MR) is 194 cm³/mol. The van der Waals surface area contributed by atoms with Crippen molar-refractivity contribution in [1.29, 1.82) is 0 Å². The van der Waals surface area contributed by atoms with Gasteiger partial charge in [-0.1, -0.05) is 83.1 Å². The average molecular weight is 815 g/mol. The quantitative estimate of drug-likeness (QED) is 0.113. The van der Waals surface area contributed by atoms with Gasteiger partial charge in [-0.3, -0.25) is 9.36 Å². The van der Waals surface area contributed by atoms with Crippen LogP contribution >= 0.6 is 57.1 Å². The molecule has 0 aliphatic carbocycles. The Balaban J connectivity index is 1.48. The summed E-state index contributed by atoms with van der Waals surface area (Å²) < 4.78 is 33.9. The molecule has 0 saturated heterocycles. The highest BCUT2D eigenvalue weighted by molar-refractivity contribution is 14.1. The zero-order chi connectivity index (χ0) is 33.9. The topological polar surface area (TPSA) is 79.1 Å². The fraction of sp³-hybridized carbons (Fsp3) is 0.139. The summed E-state index contributed by atoms with van der Waals surface area (Å²) in [6, 6.07) is 22.9. The third kappa shape index (κ3) is 6.93. The Morgan fingerprint density at radius 1 is 1.06 bits per heavy atom. The first-order chi connectivity index (χ1) is 23.2. The van der Waals surface area contributed by atoms with Crippen molar-refractivity contribution < 1.29 is 23.4 Å². The number of rotatable bonds is 9. The molecule has 0 bridgehead atoms. The lowest BCUT2D eigenvalue weighted by Crippen LogP contribution is -2.40. The molecule has 4 aromatic carbocycles. The summed E-state index contributed by atoms with van der Waals surface area (Å²) >= 11 is 15.7. The standard InChI is InChI=1S/C36H26Cl2FIN2O5S/c1-3-46-35(44)30-31(21-7-5-4-6-8-21)41-36-42(32(30)22-10-13-25(39)14-11-22)34(43)29(48-36)17-20-15-27(40)33(28(16-20)45-2)47-19-23-9-12-24(37)18-26(23)38/h4-18,32H,3,19H2,1-2H3/b29-17-/t32-/m0/s1. The molecule has 0 N–H and O–H groups in total. The van der Waals surface area contributed by atoms with Gasteiger partial charge in [0.1, 0.15) is 12.4 Å². The molecule has 12 heteroatoms. The lowest BCUT2D eigenvalue weighted by molar-refractivity contribution is -0.138. The fourth-order valence-electron chi connectivity index (χ4n) is 5.30. The number of hydrogen-bond donors (Lipinski definition) is 0. The van der Waals surface area contributed by atoms with Crippen molar-refractivity contribution in [1.82, 2.24) is 4.57 Å². The molecule has 0 saturated carbocycles. The summed E-state index contributed by atoms with van der Waals surface area (Å²) in [6.07, 6.45) is 1.74. The monoisotopic (exact) mass is 814 g/mol. The number of carbonyl (C=O) groups is 1. The maximum atomic E-state index is 14.2. The van der Waals surface area contributed by atoms with Crippen LogP contribution in [0.25, 0.3) is 11.8 Å². The maximum absolute atomic E-state index is 14.2. The van der Waals surface area contributed by atoms with Crippen molar-refractivity contribution in [2.75, 3.05) is 13.7 Å². The van der Waals surface area contributed by atoms with Crippen LogP contribution in [0, 0.1) is 9.39 Å². The van der Waals surface area contributed by atoms with Gasteiger partial charge in [0.2, 0.25) is 0 Å². The lowest BCUT2D eigenvalue weighted by atomic mass is 9.93. The number of fused-ring (bicyclic) bond motifs is 1. The van der Waals surface area contributed by atoms with E-state index in [1.165, 1.54) is 35.1 Å². The van der Waals surface area contributed by atoms with Gasteiger partial charge < -0.3 is 14.2 Å². The molecule has 6 rings (SSSR count). The van der Waals surface area contributed by atoms with Gasteiger partial charge in [-0.25, -0.2) is 14.2 Å². The lowest BCUT2D eigenvalue weighted by Gasteiger charge is -2.25. The summed E-state index contributed by atoms with van der Waals surface area (Å²) in [7, 11) is 1.54. The molecule has 5 aromatic rings. The predicted octanol–water partition coefficient (Wildman–Crippen LogP) is 7.57. The number of halogens is 4. The Morgan fingerprint density at radius 3 is 2.50 bits per heavy atom. The Hall–Kier alpha value is -3.97. The molecule has 0 radical (unpaired) electrons. The SMILES string of the molecule is CCOC(=O)C1=C(c2ccccc2)N=c2s/c(=C\c3cc(I)c(OCc4ccc(Cl)cc4Cl)c(OC)c3)c(=O)n2[C@H]1c1ccc(F)cc1. The van der Waals surface area contributed by atoms with Crippen LogP contribution in [-0.2, 0) is 16.1 Å². The van der Waals surface area contributed by atoms with Crippen molar-refractivity contribution in [3.05, 3.63) is 152 Å². The second kappa shape index (κ2) is 14.7. The summed E-state index contributed by atoms with van der Waals surface area (Å²) in [4.78, 5) is 33.0. The molecule has 1 aliphatic heterocycles. The smallest absolute Gasteiger partial charge is 0.338 e. The van der Waals surface area contributed by atoms with E-state index in [1.807, 2.05) is 36.4 Å². The second-order valence-electron chi connectivity index (χ2n) is 10.5. The minimum absolute atomic E-state index is 0.123. The highest BCUT2D eigenvalue weighted by Crippen LogP contribution is 2.37. The van der Waals surface area contributed by atoms with Crippen LogP contribution in [0.5, 0.6) is 11.5 Å². The van der Waals surface area contributed by atoms with Crippen molar-refractivity contribution in [3.8, 4) is 11.5 Å². The van der Waals surface area contributed by atoms with E-state index in [9.17, 15) is 14.0 Å². The molecule has 1 aromatic heterocycles. The number of esters is 1. The van der Waals surface area contributed by atoms with Crippen LogP contribution in [-0.4, -0.2) is 24.3 Å². The van der Waals surface area contributed by atoms with E-state index in [-0.39, 0.29) is 24.3 Å². The van der Waals surface area contributed by atoms with E-state index >= 15 is 0 Å². The Labute approximate surface area is 302 Å². The zero-order valence-corrected chi connectivity index (χ0v) is 30.0. The molecule has 1 atom stereocenters. The first-order valence-electron chi connectivity index (χ1n) is 14.7. The third-order valence-electron chi connectivity index (χ3n) is 7.50. The van der Waals surface area contributed by atoms with Gasteiger partial charge in [0.05, 0.1) is 39.1 Å². The Kier molecular flexibility index (Phi) is 10.4. The van der Waals surface area contributed by atoms with E-state index < -0.39 is 17.8 Å². The van der Waals surface area contributed by atoms with E-state index in [0.29, 0.717) is 53.3 Å². The normalized spacial score (nSPS) is 14.4. The van der Waals surface area contributed by atoms with Gasteiger partial charge in [0.15, 0.2) is 16.3 Å². The van der Waals surface area contributed by atoms with Crippen molar-refractivity contribution >= 4 is 74.9 Å². The molecular weight excluding hydrogens is 789 g/mol. The first kappa shape index (κ1) is 33.9. The number of thiazole rings is 1. The highest BCUT2D eigenvalue weighted by Gasteiger charge is 2.35. The van der Waals surface area contributed by atoms with Gasteiger partial charge in [-0.2, -0.15) is 0 Å². The number of aromatic nitrogens is 1. The number of hydrogen-bond acceptors (Lipinski definition) is 7. The van der Waals surface area contributed by atoms with Gasteiger partial charge in [-0.15, -0.1) is 0 Å². The summed E-state index contributed by atoms with van der Waals surface area (Å²) in [5.41, 5.74) is 2.87. The van der Waals surface area contributed by atoms with Crippen LogP contribution < -0.4 is 24.4 Å². The number of ether oxygens (including phenoxy) is 3. The van der Waals surface area contributed by atoms with E-state index in [2.05, 4.69) is 22.6 Å². The molecule has 0 unspecified atom stereocenters. The van der Waals surface area contributed by atoms with Crippen molar-refractivity contribution in [3.63, 3.8) is 0 Å². The Morgan fingerprint density at radius 2 is 1.81 bits per heavy atom. The van der Waals surface area contributed by atoms with E-state index in [1.54, 1.807) is 49.4 Å². The largest absolute Gasteiger partial charge is 0.493 e. The zero-order valence-electron chi connectivity index (χ0n) is 25.5. The van der Waals surface area contributed by atoms with Crippen LogP contribution in [0.15, 0.2) is 100 Å². The molecular formula is C36H26Cl2FIN2O5S. The van der Waals surface area contributed by atoms with Crippen LogP contribution in [0.4, 0.5) is 4.39 Å². The fourth-order valence-corrected chi connectivity index (χ4v) is 7.55. The molecule has 0 spiro atoms. The first-order valence-corrected chi connectivity index (χ1v) is 17.3. The molecule has 244 valence electrons. The molecule has 7 nitrogen and oxygen atoms in total. The number of methoxy groups -OCH3 is 1. The van der Waals surface area contributed by atoms with Gasteiger partial charge in [-0.05, 0) is 83.1 Å². The molecule has 2 heterocycles. The van der Waals surface area contributed by atoms with Crippen LogP contribution in [0.1, 0.15) is 35.2 Å². The number of carbonyl (C=O) groups excluding carboxylic acids is 1.